The first kappa shape index (κ1) is 8.54. The molecule has 0 unspecified atom stereocenters. The van der Waals surface area contributed by atoms with Crippen LogP contribution in [-0.4, -0.2) is 9.78 Å². The molecule has 1 aromatic heterocycles. The third-order valence-corrected chi connectivity index (χ3v) is 2.65. The molecule has 0 spiro atoms. The second kappa shape index (κ2) is 3.36. The van der Waals surface area contributed by atoms with Gasteiger partial charge in [0.05, 0.1) is 5.69 Å². The van der Waals surface area contributed by atoms with Gasteiger partial charge in [-0.1, -0.05) is 6.08 Å². The Balaban J connectivity index is 2.33. The van der Waals surface area contributed by atoms with Crippen LogP contribution in [0.15, 0.2) is 12.3 Å². The van der Waals surface area contributed by atoms with Gasteiger partial charge in [0.1, 0.15) is 0 Å². The van der Waals surface area contributed by atoms with E-state index in [-0.39, 0.29) is 0 Å². The third-order valence-electron chi connectivity index (χ3n) is 2.65. The van der Waals surface area contributed by atoms with Crippen molar-refractivity contribution in [2.45, 2.75) is 32.6 Å². The fraction of sp³-hybridized carbons (Fsp3) is 0.545. The number of rotatable bonds is 1. The van der Waals surface area contributed by atoms with E-state index in [9.17, 15) is 0 Å². The number of allylic oxidation sites excluding steroid dienone is 2. The minimum atomic E-state index is 1.16. The van der Waals surface area contributed by atoms with Crippen molar-refractivity contribution in [3.05, 3.63) is 23.5 Å². The Morgan fingerprint density at radius 3 is 2.77 bits per heavy atom. The number of nitrogens with zero attached hydrogens (tertiary/aromatic N) is 2. The molecule has 2 nitrogen and oxygen atoms in total. The fourth-order valence-electron chi connectivity index (χ4n) is 2.00. The molecule has 0 saturated heterocycles. The molecule has 0 saturated carbocycles. The molecule has 0 radical (unpaired) electrons. The van der Waals surface area contributed by atoms with Crippen molar-refractivity contribution in [1.82, 2.24) is 9.78 Å². The number of hydrogen-bond donors (Lipinski definition) is 0. The van der Waals surface area contributed by atoms with E-state index in [1.807, 2.05) is 11.7 Å². The lowest BCUT2D eigenvalue weighted by Gasteiger charge is -2.11. The zero-order valence-electron chi connectivity index (χ0n) is 8.38. The Bertz CT molecular complexity index is 334. The van der Waals surface area contributed by atoms with Gasteiger partial charge in [-0.15, -0.1) is 0 Å². The molecule has 0 fully saturated rings. The maximum atomic E-state index is 4.36. The minimum Gasteiger partial charge on any atom is -0.275 e. The van der Waals surface area contributed by atoms with Crippen LogP contribution in [0.4, 0.5) is 0 Å². The lowest BCUT2D eigenvalue weighted by molar-refractivity contribution is 0.741. The zero-order valence-corrected chi connectivity index (χ0v) is 8.38. The summed E-state index contributed by atoms with van der Waals surface area (Å²) >= 11 is 0. The topological polar surface area (TPSA) is 17.8 Å². The summed E-state index contributed by atoms with van der Waals surface area (Å²) in [5.41, 5.74) is 4.01. The molecule has 2 heteroatoms. The van der Waals surface area contributed by atoms with E-state index in [2.05, 4.69) is 24.3 Å². The summed E-state index contributed by atoms with van der Waals surface area (Å²) in [5, 5.41) is 4.36. The molecule has 0 atom stereocenters. The molecule has 0 bridgehead atoms. The second-order valence-electron chi connectivity index (χ2n) is 3.78. The van der Waals surface area contributed by atoms with Crippen molar-refractivity contribution in [2.75, 3.05) is 0 Å². The van der Waals surface area contributed by atoms with Crippen LogP contribution in [0.3, 0.4) is 0 Å². The first-order valence-electron chi connectivity index (χ1n) is 4.97. The van der Waals surface area contributed by atoms with Crippen molar-refractivity contribution < 1.29 is 0 Å². The van der Waals surface area contributed by atoms with Crippen LogP contribution in [0.2, 0.25) is 0 Å². The van der Waals surface area contributed by atoms with E-state index in [0.29, 0.717) is 0 Å². The Kier molecular flexibility index (Phi) is 2.21. The van der Waals surface area contributed by atoms with Gasteiger partial charge in [0.15, 0.2) is 0 Å². The maximum absolute atomic E-state index is 4.36. The van der Waals surface area contributed by atoms with Gasteiger partial charge in [0.25, 0.3) is 0 Å². The summed E-state index contributed by atoms with van der Waals surface area (Å²) in [6, 6.07) is 0. The number of aromatic nitrogens is 2. The maximum Gasteiger partial charge on any atom is 0.0668 e. The first-order chi connectivity index (χ1) is 6.27. The van der Waals surface area contributed by atoms with Crippen LogP contribution in [0.25, 0.3) is 5.57 Å². The van der Waals surface area contributed by atoms with Crippen molar-refractivity contribution >= 4 is 5.57 Å². The molecule has 0 amide bonds. The lowest BCUT2D eigenvalue weighted by atomic mass is 9.94. The molecule has 1 aromatic rings. The van der Waals surface area contributed by atoms with Gasteiger partial charge in [-0.05, 0) is 38.2 Å². The third kappa shape index (κ3) is 1.67. The monoisotopic (exact) mass is 176 g/mol. The van der Waals surface area contributed by atoms with Crippen LogP contribution in [0.1, 0.15) is 36.9 Å². The van der Waals surface area contributed by atoms with Crippen molar-refractivity contribution in [3.63, 3.8) is 0 Å². The fourth-order valence-corrected chi connectivity index (χ4v) is 2.00. The first-order valence-corrected chi connectivity index (χ1v) is 4.97. The summed E-state index contributed by atoms with van der Waals surface area (Å²) in [5.74, 6) is 0. The van der Waals surface area contributed by atoms with Gasteiger partial charge in [0.2, 0.25) is 0 Å². The van der Waals surface area contributed by atoms with Gasteiger partial charge in [-0.3, -0.25) is 4.68 Å². The van der Waals surface area contributed by atoms with Crippen molar-refractivity contribution in [3.8, 4) is 0 Å². The summed E-state index contributed by atoms with van der Waals surface area (Å²) in [4.78, 5) is 0. The van der Waals surface area contributed by atoms with E-state index >= 15 is 0 Å². The van der Waals surface area contributed by atoms with E-state index in [4.69, 9.17) is 0 Å². The molecule has 1 heterocycles. The SMILES string of the molecule is Cc1nn(C)cc1C1=CCCCC1. The predicted molar refractivity (Wildman–Crippen MR) is 54.4 cm³/mol. The summed E-state index contributed by atoms with van der Waals surface area (Å²) in [7, 11) is 1.99. The van der Waals surface area contributed by atoms with E-state index < -0.39 is 0 Å². The Labute approximate surface area is 79.3 Å². The molecule has 1 aliphatic carbocycles. The smallest absolute Gasteiger partial charge is 0.0668 e. The molecule has 70 valence electrons. The standard InChI is InChI=1S/C11H16N2/c1-9-11(8-13(2)12-9)10-6-4-3-5-7-10/h6,8H,3-5,7H2,1-2H3. The molecular formula is C11H16N2. The average molecular weight is 176 g/mol. The normalized spacial score (nSPS) is 17.2. The van der Waals surface area contributed by atoms with E-state index in [0.717, 1.165) is 5.69 Å². The van der Waals surface area contributed by atoms with Crippen LogP contribution in [0.5, 0.6) is 0 Å². The van der Waals surface area contributed by atoms with Crippen molar-refractivity contribution in [1.29, 1.82) is 0 Å². The van der Waals surface area contributed by atoms with Gasteiger partial charge in [0, 0.05) is 18.8 Å². The molecule has 0 N–H and O–H groups in total. The molecular weight excluding hydrogens is 160 g/mol. The lowest BCUT2D eigenvalue weighted by Crippen LogP contribution is -1.91. The largest absolute Gasteiger partial charge is 0.275 e. The Morgan fingerprint density at radius 2 is 2.23 bits per heavy atom. The predicted octanol–water partition coefficient (Wildman–Crippen LogP) is 2.69. The van der Waals surface area contributed by atoms with E-state index in [1.165, 1.54) is 36.8 Å². The molecule has 0 aliphatic heterocycles. The number of hydrogen-bond acceptors (Lipinski definition) is 1. The van der Waals surface area contributed by atoms with Crippen LogP contribution < -0.4 is 0 Å². The molecule has 2 rings (SSSR count). The van der Waals surface area contributed by atoms with Crippen molar-refractivity contribution in [2.24, 2.45) is 7.05 Å². The van der Waals surface area contributed by atoms with E-state index in [1.54, 1.807) is 0 Å². The van der Waals surface area contributed by atoms with Gasteiger partial charge < -0.3 is 0 Å². The molecule has 1 aliphatic rings. The highest BCUT2D eigenvalue weighted by Crippen LogP contribution is 2.27. The minimum absolute atomic E-state index is 1.16. The Morgan fingerprint density at radius 1 is 1.38 bits per heavy atom. The Hall–Kier alpha value is -1.05. The highest BCUT2D eigenvalue weighted by atomic mass is 15.2. The zero-order chi connectivity index (χ0) is 9.26. The van der Waals surface area contributed by atoms with Gasteiger partial charge >= 0.3 is 0 Å². The molecule has 0 aromatic carbocycles. The second-order valence-corrected chi connectivity index (χ2v) is 3.78. The van der Waals surface area contributed by atoms with Gasteiger partial charge in [-0.25, -0.2) is 0 Å². The molecule has 13 heavy (non-hydrogen) atoms. The quantitative estimate of drug-likeness (QED) is 0.643. The summed E-state index contributed by atoms with van der Waals surface area (Å²) < 4.78 is 1.90. The highest BCUT2D eigenvalue weighted by Gasteiger charge is 2.10. The summed E-state index contributed by atoms with van der Waals surface area (Å²) in [6.07, 6.45) is 9.65. The highest BCUT2D eigenvalue weighted by molar-refractivity contribution is 5.67. The average Bonchev–Trinajstić information content (AvgIpc) is 2.47. The van der Waals surface area contributed by atoms with Crippen LogP contribution in [-0.2, 0) is 7.05 Å². The number of aryl methyl sites for hydroxylation is 2. The van der Waals surface area contributed by atoms with Crippen LogP contribution >= 0.6 is 0 Å². The summed E-state index contributed by atoms with van der Waals surface area (Å²) in [6.45, 7) is 2.09. The van der Waals surface area contributed by atoms with Crippen LogP contribution in [0, 0.1) is 6.92 Å². The van der Waals surface area contributed by atoms with Gasteiger partial charge in [-0.2, -0.15) is 5.10 Å².